The zero-order chi connectivity index (χ0) is 20.2. The molecule has 3 aromatic rings. The largest absolute Gasteiger partial charge is 0.350 e. The second kappa shape index (κ2) is 8.36. The molecule has 1 aromatic carbocycles. The van der Waals surface area contributed by atoms with Crippen LogP contribution in [0.1, 0.15) is 43.0 Å². The number of carbonyl (C=O) groups excluding carboxylic acids is 1. The van der Waals surface area contributed by atoms with Gasteiger partial charge in [0.05, 0.1) is 23.6 Å². The van der Waals surface area contributed by atoms with Gasteiger partial charge in [-0.1, -0.05) is 12.8 Å². The Kier molecular flexibility index (Phi) is 5.48. The van der Waals surface area contributed by atoms with Gasteiger partial charge in [0.25, 0.3) is 0 Å². The van der Waals surface area contributed by atoms with Gasteiger partial charge in [0.2, 0.25) is 5.95 Å². The van der Waals surface area contributed by atoms with E-state index in [1.807, 2.05) is 24.3 Å². The lowest BCUT2D eigenvalue weighted by Crippen LogP contribution is -2.43. The zero-order valence-corrected chi connectivity index (χ0v) is 16.2. The summed E-state index contributed by atoms with van der Waals surface area (Å²) in [6, 6.07) is 7.76. The standard InChI is InChI=1S/C20H24N8O/c1-13(29)16-12-22-20(26-18-5-3-2-4-17(18)21)27-19(16)25-14-6-8-15(9-7-14)28-23-10-11-24-28/h6-12,17-18H,2-5,21H2,1H3,(H2,22,25,26,27)/t17-,18+/m0/s1. The molecule has 4 rings (SSSR count). The smallest absolute Gasteiger partial charge is 0.224 e. The van der Waals surface area contributed by atoms with Crippen molar-refractivity contribution in [2.75, 3.05) is 10.6 Å². The first kappa shape index (κ1) is 19.0. The molecule has 0 saturated heterocycles. The van der Waals surface area contributed by atoms with Gasteiger partial charge in [-0.2, -0.15) is 20.0 Å². The van der Waals surface area contributed by atoms with Crippen LogP contribution >= 0.6 is 0 Å². The first-order valence-corrected chi connectivity index (χ1v) is 9.74. The van der Waals surface area contributed by atoms with Crippen molar-refractivity contribution in [1.82, 2.24) is 25.0 Å². The molecular weight excluding hydrogens is 368 g/mol. The molecule has 2 heterocycles. The van der Waals surface area contributed by atoms with Crippen LogP contribution in [0.25, 0.3) is 5.69 Å². The van der Waals surface area contributed by atoms with Crippen LogP contribution in [0.3, 0.4) is 0 Å². The van der Waals surface area contributed by atoms with E-state index in [0.29, 0.717) is 17.3 Å². The average Bonchev–Trinajstić information content (AvgIpc) is 3.25. The fourth-order valence-electron chi connectivity index (χ4n) is 3.47. The van der Waals surface area contributed by atoms with Gasteiger partial charge in [-0.05, 0) is 44.0 Å². The third kappa shape index (κ3) is 4.40. The normalized spacial score (nSPS) is 19.0. The van der Waals surface area contributed by atoms with E-state index in [-0.39, 0.29) is 17.9 Å². The molecule has 0 aliphatic heterocycles. The number of rotatable bonds is 6. The summed E-state index contributed by atoms with van der Waals surface area (Å²) in [6.45, 7) is 1.50. The van der Waals surface area contributed by atoms with Crippen LogP contribution in [0.5, 0.6) is 0 Å². The molecule has 1 aliphatic carbocycles. The third-order valence-corrected chi connectivity index (χ3v) is 5.08. The Morgan fingerprint density at radius 2 is 1.86 bits per heavy atom. The minimum absolute atomic E-state index is 0.0830. The molecule has 4 N–H and O–H groups in total. The maximum Gasteiger partial charge on any atom is 0.224 e. The van der Waals surface area contributed by atoms with Crippen LogP contribution < -0.4 is 16.4 Å². The van der Waals surface area contributed by atoms with Crippen LogP contribution in [0.2, 0.25) is 0 Å². The van der Waals surface area contributed by atoms with Gasteiger partial charge < -0.3 is 16.4 Å². The molecule has 29 heavy (non-hydrogen) atoms. The van der Waals surface area contributed by atoms with Crippen molar-refractivity contribution >= 4 is 23.2 Å². The van der Waals surface area contributed by atoms with Crippen LogP contribution in [0.15, 0.2) is 42.9 Å². The average molecular weight is 392 g/mol. The monoisotopic (exact) mass is 392 g/mol. The molecule has 150 valence electrons. The number of carbonyl (C=O) groups is 1. The molecule has 9 heteroatoms. The topological polar surface area (TPSA) is 124 Å². The maximum absolute atomic E-state index is 12.0. The Hall–Kier alpha value is -3.33. The van der Waals surface area contributed by atoms with Crippen molar-refractivity contribution in [3.63, 3.8) is 0 Å². The van der Waals surface area contributed by atoms with E-state index in [1.54, 1.807) is 18.6 Å². The number of ketones is 1. The highest BCUT2D eigenvalue weighted by Gasteiger charge is 2.23. The SMILES string of the molecule is CC(=O)c1cnc(N[C@@H]2CCCC[C@@H]2N)nc1Nc1ccc(-n2nccn2)cc1. The number of hydrogen-bond acceptors (Lipinski definition) is 8. The lowest BCUT2D eigenvalue weighted by Gasteiger charge is -2.29. The van der Waals surface area contributed by atoms with Gasteiger partial charge in [-0.3, -0.25) is 4.79 Å². The number of nitrogens with zero attached hydrogens (tertiary/aromatic N) is 5. The third-order valence-electron chi connectivity index (χ3n) is 5.08. The summed E-state index contributed by atoms with van der Waals surface area (Å²) in [4.78, 5) is 22.4. The van der Waals surface area contributed by atoms with E-state index < -0.39 is 0 Å². The van der Waals surface area contributed by atoms with Gasteiger partial charge >= 0.3 is 0 Å². The van der Waals surface area contributed by atoms with Crippen LogP contribution in [0, 0.1) is 0 Å². The highest BCUT2D eigenvalue weighted by molar-refractivity contribution is 5.99. The van der Waals surface area contributed by atoms with Crippen molar-refractivity contribution < 1.29 is 4.79 Å². The van der Waals surface area contributed by atoms with Crippen molar-refractivity contribution in [2.45, 2.75) is 44.7 Å². The second-order valence-corrected chi connectivity index (χ2v) is 7.20. The van der Waals surface area contributed by atoms with Gasteiger partial charge in [0, 0.05) is 24.0 Å². The summed E-state index contributed by atoms with van der Waals surface area (Å²) >= 11 is 0. The van der Waals surface area contributed by atoms with E-state index in [4.69, 9.17) is 5.73 Å². The van der Waals surface area contributed by atoms with Crippen molar-refractivity contribution in [3.05, 3.63) is 48.4 Å². The van der Waals surface area contributed by atoms with Gasteiger partial charge in [0.1, 0.15) is 5.82 Å². The molecule has 1 aliphatic rings. The Balaban J connectivity index is 1.55. The minimum atomic E-state index is -0.106. The second-order valence-electron chi connectivity index (χ2n) is 7.20. The fraction of sp³-hybridized carbons (Fsp3) is 0.350. The molecule has 1 saturated carbocycles. The number of nitrogens with two attached hydrogens (primary N) is 1. The number of anilines is 3. The summed E-state index contributed by atoms with van der Waals surface area (Å²) in [6.07, 6.45) is 9.07. The number of benzene rings is 1. The first-order valence-electron chi connectivity index (χ1n) is 9.74. The van der Waals surface area contributed by atoms with E-state index in [1.165, 1.54) is 11.7 Å². The van der Waals surface area contributed by atoms with Crippen LogP contribution in [-0.2, 0) is 0 Å². The highest BCUT2D eigenvalue weighted by atomic mass is 16.1. The first-order chi connectivity index (χ1) is 14.1. The van der Waals surface area contributed by atoms with Crippen molar-refractivity contribution in [1.29, 1.82) is 0 Å². The predicted molar refractivity (Wildman–Crippen MR) is 111 cm³/mol. The lowest BCUT2D eigenvalue weighted by molar-refractivity contribution is 0.101. The molecular formula is C20H24N8O. The summed E-state index contributed by atoms with van der Waals surface area (Å²) in [5.41, 5.74) is 8.28. The molecule has 0 unspecified atom stereocenters. The number of aromatic nitrogens is 5. The van der Waals surface area contributed by atoms with Gasteiger partial charge in [-0.15, -0.1) is 0 Å². The molecule has 0 radical (unpaired) electrons. The lowest BCUT2D eigenvalue weighted by atomic mass is 9.91. The summed E-state index contributed by atoms with van der Waals surface area (Å²) in [5.74, 6) is 0.826. The molecule has 2 aromatic heterocycles. The zero-order valence-electron chi connectivity index (χ0n) is 16.2. The Morgan fingerprint density at radius 1 is 1.14 bits per heavy atom. The molecule has 9 nitrogen and oxygen atoms in total. The fourth-order valence-corrected chi connectivity index (χ4v) is 3.47. The molecule has 1 fully saturated rings. The minimum Gasteiger partial charge on any atom is -0.350 e. The predicted octanol–water partition coefficient (Wildman–Crippen LogP) is 2.69. The van der Waals surface area contributed by atoms with E-state index in [2.05, 4.69) is 30.8 Å². The van der Waals surface area contributed by atoms with E-state index in [9.17, 15) is 4.79 Å². The molecule has 0 bridgehead atoms. The van der Waals surface area contributed by atoms with E-state index in [0.717, 1.165) is 37.1 Å². The van der Waals surface area contributed by atoms with Crippen LogP contribution in [0.4, 0.5) is 17.5 Å². The summed E-state index contributed by atoms with van der Waals surface area (Å²) in [5, 5.41) is 14.8. The van der Waals surface area contributed by atoms with E-state index >= 15 is 0 Å². The Bertz CT molecular complexity index is 971. The highest BCUT2D eigenvalue weighted by Crippen LogP contribution is 2.24. The Labute approximate surface area is 168 Å². The summed E-state index contributed by atoms with van der Waals surface area (Å²) in [7, 11) is 0. The summed E-state index contributed by atoms with van der Waals surface area (Å²) < 4.78 is 0. The number of nitrogens with one attached hydrogen (secondary N) is 2. The van der Waals surface area contributed by atoms with Gasteiger partial charge in [0.15, 0.2) is 5.78 Å². The van der Waals surface area contributed by atoms with Crippen LogP contribution in [-0.4, -0.2) is 42.8 Å². The number of hydrogen-bond donors (Lipinski definition) is 3. The van der Waals surface area contributed by atoms with Crippen molar-refractivity contribution in [2.24, 2.45) is 5.73 Å². The quantitative estimate of drug-likeness (QED) is 0.547. The molecule has 0 spiro atoms. The van der Waals surface area contributed by atoms with Crippen molar-refractivity contribution in [3.8, 4) is 5.69 Å². The molecule has 2 atom stereocenters. The molecule has 0 amide bonds. The Morgan fingerprint density at radius 3 is 2.55 bits per heavy atom. The van der Waals surface area contributed by atoms with Gasteiger partial charge in [-0.25, -0.2) is 4.98 Å². The number of Topliss-reactive ketones (excluding diaryl/α,β-unsaturated/α-hetero) is 1. The maximum atomic E-state index is 12.0.